The first-order valence-corrected chi connectivity index (χ1v) is 16.2. The molecule has 0 bridgehead atoms. The SMILES string of the molecule is c1cc2cc3cc4c(cc3cc2s1)[te]c1c2cc3cc5ccsc5cc3cc2[te]c41. The van der Waals surface area contributed by atoms with Gasteiger partial charge in [-0.05, 0) is 0 Å². The molecule has 4 heterocycles. The Morgan fingerprint density at radius 2 is 0.933 bits per heavy atom. The van der Waals surface area contributed by atoms with Crippen molar-refractivity contribution in [3.8, 4) is 0 Å². The number of rotatable bonds is 0. The summed E-state index contributed by atoms with van der Waals surface area (Å²) in [4.78, 5) is 0. The fourth-order valence-electron chi connectivity index (χ4n) is 4.67. The van der Waals surface area contributed by atoms with E-state index in [-0.39, 0.29) is 40.9 Å². The first-order chi connectivity index (χ1) is 14.8. The second-order valence-corrected chi connectivity index (χ2v) is 15.8. The van der Waals surface area contributed by atoms with Crippen LogP contribution in [-0.4, -0.2) is 40.9 Å². The van der Waals surface area contributed by atoms with Crippen LogP contribution in [0.2, 0.25) is 0 Å². The minimum absolute atomic E-state index is 0.298. The molecule has 0 amide bonds. The van der Waals surface area contributed by atoms with Crippen molar-refractivity contribution in [1.82, 2.24) is 0 Å². The van der Waals surface area contributed by atoms with E-state index in [4.69, 9.17) is 0 Å². The standard InChI is InChI=1S/C26H12S2Te2/c1-3-27-21-9-17-11-23-19(7-15(17)5-13(1)21)25-26(29-23)20-8-16-6-14-2-4-28-22(14)10-18(16)12-24(20)30-25/h1-12H. The molecule has 0 aliphatic carbocycles. The first kappa shape index (κ1) is 17.2. The molecular formula is C26H12S2Te2. The number of hydrogen-bond acceptors (Lipinski definition) is 2. The van der Waals surface area contributed by atoms with E-state index < -0.39 is 0 Å². The maximum absolute atomic E-state index is 2.52. The molecule has 30 heavy (non-hydrogen) atoms. The molecule has 0 aliphatic rings. The normalized spacial score (nSPS) is 12.7. The van der Waals surface area contributed by atoms with Gasteiger partial charge in [0.2, 0.25) is 0 Å². The Bertz CT molecular complexity index is 1820. The molecule has 8 aromatic rings. The van der Waals surface area contributed by atoms with E-state index in [1.807, 2.05) is 22.7 Å². The van der Waals surface area contributed by atoms with Crippen LogP contribution in [0.5, 0.6) is 0 Å². The van der Waals surface area contributed by atoms with Crippen molar-refractivity contribution < 1.29 is 0 Å². The van der Waals surface area contributed by atoms with E-state index in [2.05, 4.69) is 71.4 Å². The summed E-state index contributed by atoms with van der Waals surface area (Å²) < 4.78 is 9.64. The van der Waals surface area contributed by atoms with Crippen molar-refractivity contribution in [2.24, 2.45) is 0 Å². The molecule has 0 saturated carbocycles. The van der Waals surface area contributed by atoms with Gasteiger partial charge >= 0.3 is 201 Å². The van der Waals surface area contributed by atoms with Crippen LogP contribution in [0.4, 0.5) is 0 Å². The number of benzene rings is 4. The van der Waals surface area contributed by atoms with Gasteiger partial charge in [-0.15, -0.1) is 0 Å². The Kier molecular flexibility index (Phi) is 3.51. The van der Waals surface area contributed by atoms with Crippen LogP contribution < -0.4 is 0 Å². The molecule has 8 rings (SSSR count). The van der Waals surface area contributed by atoms with Gasteiger partial charge in [-0.3, -0.25) is 0 Å². The molecule has 4 aromatic carbocycles. The van der Waals surface area contributed by atoms with Gasteiger partial charge in [-0.2, -0.15) is 0 Å². The average molecular weight is 644 g/mol. The Labute approximate surface area is 199 Å². The van der Waals surface area contributed by atoms with Gasteiger partial charge in [0.1, 0.15) is 0 Å². The number of hydrogen-bond donors (Lipinski definition) is 0. The van der Waals surface area contributed by atoms with Crippen molar-refractivity contribution in [2.45, 2.75) is 0 Å². The molecule has 0 aliphatic heterocycles. The molecule has 0 unspecified atom stereocenters. The maximum atomic E-state index is 2.52. The van der Waals surface area contributed by atoms with Gasteiger partial charge in [-0.1, -0.05) is 0 Å². The van der Waals surface area contributed by atoms with Crippen molar-refractivity contribution in [3.63, 3.8) is 0 Å². The summed E-state index contributed by atoms with van der Waals surface area (Å²) in [7, 11) is 0. The zero-order valence-corrected chi connectivity index (χ0v) is 21.9. The van der Waals surface area contributed by atoms with Gasteiger partial charge in [-0.25, -0.2) is 0 Å². The molecule has 0 radical (unpaired) electrons. The zero-order chi connectivity index (χ0) is 19.4. The third-order valence-electron chi connectivity index (χ3n) is 6.14. The third kappa shape index (κ3) is 2.33. The summed E-state index contributed by atoms with van der Waals surface area (Å²) >= 11 is 3.11. The second-order valence-electron chi connectivity index (χ2n) is 7.87. The van der Waals surface area contributed by atoms with Crippen LogP contribution in [-0.2, 0) is 0 Å². The van der Waals surface area contributed by atoms with Crippen molar-refractivity contribution in [2.75, 3.05) is 0 Å². The molecule has 140 valence electrons. The Morgan fingerprint density at radius 1 is 0.467 bits per heavy atom. The molecule has 0 N–H and O–H groups in total. The van der Waals surface area contributed by atoms with Crippen molar-refractivity contribution in [3.05, 3.63) is 71.4 Å². The molecule has 0 nitrogen and oxygen atoms in total. The van der Waals surface area contributed by atoms with Gasteiger partial charge < -0.3 is 0 Å². The van der Waals surface area contributed by atoms with Crippen LogP contribution in [0.15, 0.2) is 71.4 Å². The van der Waals surface area contributed by atoms with E-state index in [0.717, 1.165) is 0 Å². The summed E-state index contributed by atoms with van der Waals surface area (Å²) in [6, 6.07) is 24.2. The van der Waals surface area contributed by atoms with E-state index in [0.29, 0.717) is 0 Å². The van der Waals surface area contributed by atoms with Gasteiger partial charge in [0.15, 0.2) is 0 Å². The summed E-state index contributed by atoms with van der Waals surface area (Å²) in [5, 5.41) is 16.0. The van der Waals surface area contributed by atoms with E-state index in [9.17, 15) is 0 Å². The average Bonchev–Trinajstić information content (AvgIpc) is 3.51. The minimum atomic E-state index is -0.298. The number of fused-ring (bicyclic) bond motifs is 9. The molecular weight excluding hydrogens is 632 g/mol. The van der Waals surface area contributed by atoms with Gasteiger partial charge in [0.05, 0.1) is 0 Å². The summed E-state index contributed by atoms with van der Waals surface area (Å²) in [6.45, 7) is 0. The van der Waals surface area contributed by atoms with Crippen LogP contribution in [0, 0.1) is 0 Å². The van der Waals surface area contributed by atoms with Crippen LogP contribution in [0.3, 0.4) is 0 Å². The predicted octanol–water partition coefficient (Wildman–Crippen LogP) is 8.00. The Hall–Kier alpha value is -1.36. The fourth-order valence-corrected chi connectivity index (χ4v) is 15.8. The molecule has 4 aromatic heterocycles. The van der Waals surface area contributed by atoms with Crippen molar-refractivity contribution in [1.29, 1.82) is 0 Å². The summed E-state index contributed by atoms with van der Waals surface area (Å²) in [6.07, 6.45) is 0. The fraction of sp³-hybridized carbons (Fsp3) is 0. The van der Waals surface area contributed by atoms with Crippen molar-refractivity contribution >= 4 is 130 Å². The van der Waals surface area contributed by atoms with E-state index >= 15 is 0 Å². The zero-order valence-electron chi connectivity index (χ0n) is 15.6. The second kappa shape index (κ2) is 6.11. The van der Waals surface area contributed by atoms with Gasteiger partial charge in [0.25, 0.3) is 0 Å². The number of thiophene rings is 2. The molecule has 4 heteroatoms. The van der Waals surface area contributed by atoms with Crippen LogP contribution in [0.1, 0.15) is 0 Å². The van der Waals surface area contributed by atoms with E-state index in [1.54, 1.807) is 24.4 Å². The molecule has 0 saturated heterocycles. The third-order valence-corrected chi connectivity index (χ3v) is 15.9. The molecule has 0 spiro atoms. The van der Waals surface area contributed by atoms with Crippen LogP contribution >= 0.6 is 22.7 Å². The van der Waals surface area contributed by atoms with Gasteiger partial charge in [0, 0.05) is 0 Å². The topological polar surface area (TPSA) is 0 Å². The Morgan fingerprint density at radius 3 is 1.43 bits per heavy atom. The quantitative estimate of drug-likeness (QED) is 0.147. The van der Waals surface area contributed by atoms with E-state index in [1.165, 1.54) is 41.7 Å². The monoisotopic (exact) mass is 648 g/mol. The first-order valence-electron chi connectivity index (χ1n) is 9.81. The summed E-state index contributed by atoms with van der Waals surface area (Å²) in [5.74, 6) is 0. The predicted molar refractivity (Wildman–Crippen MR) is 139 cm³/mol. The van der Waals surface area contributed by atoms with Crippen LogP contribution in [0.25, 0.3) is 66.1 Å². The molecule has 0 atom stereocenters. The summed E-state index contributed by atoms with van der Waals surface area (Å²) in [5.41, 5.74) is 0. The Balaban J connectivity index is 1.49. The molecule has 0 fully saturated rings.